The molecule has 5 rings (SSSR count). The standard InChI is InChI=1S/C24H22F4N4O3/c1-11-8-34-10-20(14-4-3-13(5-17(14)25)24(26,27)28)32(11)23(33)18-6-15-16-9-35-12(2)21(16)22(29)31-19(15)7-30-18/h3-7,11-12,20H,8-10H2,1-2H3,(H2,29,31)/t11-,12-,20-/m0/s1. The first kappa shape index (κ1) is 23.4. The second-order valence-corrected chi connectivity index (χ2v) is 8.78. The molecular formula is C24H22F4N4O3. The second-order valence-electron chi connectivity index (χ2n) is 8.78. The van der Waals surface area contributed by atoms with E-state index in [0.29, 0.717) is 29.4 Å². The minimum Gasteiger partial charge on any atom is -0.383 e. The zero-order chi connectivity index (χ0) is 25.1. The highest BCUT2D eigenvalue weighted by atomic mass is 19.4. The lowest BCUT2D eigenvalue weighted by Crippen LogP contribution is -2.49. The summed E-state index contributed by atoms with van der Waals surface area (Å²) in [6.45, 7) is 4.02. The van der Waals surface area contributed by atoms with Gasteiger partial charge < -0.3 is 20.1 Å². The third-order valence-electron chi connectivity index (χ3n) is 6.52. The van der Waals surface area contributed by atoms with Gasteiger partial charge >= 0.3 is 6.18 Å². The van der Waals surface area contributed by atoms with Crippen molar-refractivity contribution in [3.63, 3.8) is 0 Å². The van der Waals surface area contributed by atoms with E-state index in [9.17, 15) is 22.4 Å². The van der Waals surface area contributed by atoms with Crippen molar-refractivity contribution >= 4 is 22.6 Å². The summed E-state index contributed by atoms with van der Waals surface area (Å²) in [7, 11) is 0. The van der Waals surface area contributed by atoms with Crippen LogP contribution in [-0.4, -0.2) is 40.0 Å². The molecule has 35 heavy (non-hydrogen) atoms. The first-order valence-electron chi connectivity index (χ1n) is 11.0. The third kappa shape index (κ3) is 3.98. The molecular weight excluding hydrogens is 468 g/mol. The maximum absolute atomic E-state index is 14.8. The fourth-order valence-corrected chi connectivity index (χ4v) is 4.79. The molecule has 4 heterocycles. The Kier molecular flexibility index (Phi) is 5.64. The fraction of sp³-hybridized carbons (Fsp3) is 0.375. The number of hydrogen-bond acceptors (Lipinski definition) is 6. The summed E-state index contributed by atoms with van der Waals surface area (Å²) in [6, 6.07) is 2.49. The van der Waals surface area contributed by atoms with Gasteiger partial charge in [0.25, 0.3) is 5.91 Å². The predicted molar refractivity (Wildman–Crippen MR) is 118 cm³/mol. The number of fused-ring (bicyclic) bond motifs is 3. The Hall–Kier alpha value is -3.31. The molecule has 0 saturated carbocycles. The number of nitrogens with two attached hydrogens (primary N) is 1. The van der Waals surface area contributed by atoms with Gasteiger partial charge in [-0.15, -0.1) is 0 Å². The first-order valence-corrected chi connectivity index (χ1v) is 11.0. The number of rotatable bonds is 2. The molecule has 184 valence electrons. The van der Waals surface area contributed by atoms with E-state index in [4.69, 9.17) is 15.2 Å². The molecule has 0 bridgehead atoms. The summed E-state index contributed by atoms with van der Waals surface area (Å²) in [6.07, 6.45) is -3.47. The highest BCUT2D eigenvalue weighted by molar-refractivity contribution is 5.97. The van der Waals surface area contributed by atoms with Crippen LogP contribution < -0.4 is 5.73 Å². The second kappa shape index (κ2) is 8.42. The fourth-order valence-electron chi connectivity index (χ4n) is 4.79. The number of morpholine rings is 1. The summed E-state index contributed by atoms with van der Waals surface area (Å²) in [5, 5.41) is 0.676. The van der Waals surface area contributed by atoms with Gasteiger partial charge in [0.2, 0.25) is 0 Å². The van der Waals surface area contributed by atoms with Crippen LogP contribution in [0.4, 0.5) is 23.4 Å². The number of pyridine rings is 2. The highest BCUT2D eigenvalue weighted by Gasteiger charge is 2.38. The molecule has 0 spiro atoms. The number of carbonyl (C=O) groups excluding carboxylic acids is 1. The van der Waals surface area contributed by atoms with E-state index >= 15 is 0 Å². The summed E-state index contributed by atoms with van der Waals surface area (Å²) >= 11 is 0. The van der Waals surface area contributed by atoms with Crippen molar-refractivity contribution < 1.29 is 31.8 Å². The largest absolute Gasteiger partial charge is 0.416 e. The van der Waals surface area contributed by atoms with E-state index < -0.39 is 35.5 Å². The number of carbonyl (C=O) groups is 1. The average Bonchev–Trinajstić information content (AvgIpc) is 3.20. The number of anilines is 1. The van der Waals surface area contributed by atoms with Gasteiger partial charge in [0, 0.05) is 16.5 Å². The molecule has 3 aromatic rings. The number of halogens is 4. The molecule has 2 aliphatic rings. The van der Waals surface area contributed by atoms with E-state index in [-0.39, 0.29) is 30.6 Å². The van der Waals surface area contributed by atoms with Gasteiger partial charge in [-0.25, -0.2) is 14.4 Å². The Morgan fingerprint density at radius 1 is 1.20 bits per heavy atom. The third-order valence-corrected chi connectivity index (χ3v) is 6.52. The maximum Gasteiger partial charge on any atom is 0.416 e. The number of nitrogen functional groups attached to an aromatic ring is 1. The molecule has 0 radical (unpaired) electrons. The van der Waals surface area contributed by atoms with Crippen LogP contribution in [0.5, 0.6) is 0 Å². The first-order chi connectivity index (χ1) is 16.6. The zero-order valence-electron chi connectivity index (χ0n) is 18.9. The number of amides is 1. The van der Waals surface area contributed by atoms with Crippen LogP contribution in [-0.2, 0) is 22.3 Å². The van der Waals surface area contributed by atoms with Crippen molar-refractivity contribution in [3.8, 4) is 0 Å². The number of alkyl halides is 3. The smallest absolute Gasteiger partial charge is 0.383 e. The van der Waals surface area contributed by atoms with Crippen molar-refractivity contribution in [1.82, 2.24) is 14.9 Å². The van der Waals surface area contributed by atoms with Crippen LogP contribution >= 0.6 is 0 Å². The van der Waals surface area contributed by atoms with Crippen molar-refractivity contribution in [1.29, 1.82) is 0 Å². The Morgan fingerprint density at radius 3 is 2.69 bits per heavy atom. The molecule has 3 atom stereocenters. The predicted octanol–water partition coefficient (Wildman–Crippen LogP) is 4.56. The van der Waals surface area contributed by atoms with Crippen LogP contribution in [0, 0.1) is 5.82 Å². The lowest BCUT2D eigenvalue weighted by atomic mass is 9.99. The molecule has 11 heteroatoms. The lowest BCUT2D eigenvalue weighted by Gasteiger charge is -2.40. The number of hydrogen-bond donors (Lipinski definition) is 1. The monoisotopic (exact) mass is 490 g/mol. The Morgan fingerprint density at radius 2 is 1.97 bits per heavy atom. The zero-order valence-corrected chi connectivity index (χ0v) is 18.9. The molecule has 1 amide bonds. The van der Waals surface area contributed by atoms with Gasteiger partial charge in [0.1, 0.15) is 17.3 Å². The molecule has 0 unspecified atom stereocenters. The van der Waals surface area contributed by atoms with Gasteiger partial charge in [-0.1, -0.05) is 6.07 Å². The van der Waals surface area contributed by atoms with E-state index in [0.717, 1.165) is 23.3 Å². The van der Waals surface area contributed by atoms with E-state index in [1.165, 1.54) is 11.1 Å². The van der Waals surface area contributed by atoms with Gasteiger partial charge in [0.15, 0.2) is 0 Å². The normalized spacial score (nSPS) is 22.5. The van der Waals surface area contributed by atoms with Gasteiger partial charge in [-0.2, -0.15) is 13.2 Å². The van der Waals surface area contributed by atoms with Crippen LogP contribution in [0.15, 0.2) is 30.5 Å². The Bertz CT molecular complexity index is 1330. The quantitative estimate of drug-likeness (QED) is 0.530. The minimum atomic E-state index is -4.68. The number of nitrogens with zero attached hydrogens (tertiary/aromatic N) is 3. The van der Waals surface area contributed by atoms with Crippen molar-refractivity contribution in [2.75, 3.05) is 18.9 Å². The van der Waals surface area contributed by atoms with Crippen LogP contribution in [0.3, 0.4) is 0 Å². The summed E-state index contributed by atoms with van der Waals surface area (Å²) < 4.78 is 65.1. The number of aromatic nitrogens is 2. The van der Waals surface area contributed by atoms with Crippen molar-refractivity contribution in [2.24, 2.45) is 0 Å². The Labute approximate surface area is 197 Å². The van der Waals surface area contributed by atoms with Gasteiger partial charge in [0.05, 0.1) is 55.3 Å². The maximum atomic E-state index is 14.8. The molecule has 1 fully saturated rings. The molecule has 2 N–H and O–H groups in total. The SMILES string of the molecule is C[C@@H]1OCc2c1c(N)nc1cnc(C(=O)N3[C@@H](C)COC[C@H]3c3ccc(C(F)(F)F)cc3F)cc21. The molecule has 2 aliphatic heterocycles. The molecule has 7 nitrogen and oxygen atoms in total. The summed E-state index contributed by atoms with van der Waals surface area (Å²) in [4.78, 5) is 23.7. The van der Waals surface area contributed by atoms with E-state index in [2.05, 4.69) is 9.97 Å². The highest BCUT2D eigenvalue weighted by Crippen LogP contribution is 2.39. The number of ether oxygens (including phenoxy) is 2. The molecule has 2 aromatic heterocycles. The Balaban J connectivity index is 1.55. The van der Waals surface area contributed by atoms with Gasteiger partial charge in [-0.3, -0.25) is 4.79 Å². The molecule has 1 saturated heterocycles. The molecule has 0 aliphatic carbocycles. The summed E-state index contributed by atoms with van der Waals surface area (Å²) in [5.74, 6) is -1.21. The average molecular weight is 490 g/mol. The molecule has 1 aromatic carbocycles. The van der Waals surface area contributed by atoms with Crippen LogP contribution in [0.1, 0.15) is 58.7 Å². The van der Waals surface area contributed by atoms with Crippen molar-refractivity contribution in [3.05, 3.63) is 64.2 Å². The topological polar surface area (TPSA) is 90.6 Å². The van der Waals surface area contributed by atoms with E-state index in [1.807, 2.05) is 6.92 Å². The van der Waals surface area contributed by atoms with Gasteiger partial charge in [-0.05, 0) is 37.6 Å². The number of benzene rings is 1. The van der Waals surface area contributed by atoms with Crippen molar-refractivity contribution in [2.45, 2.75) is 44.8 Å². The van der Waals surface area contributed by atoms with E-state index in [1.54, 1.807) is 13.0 Å². The minimum absolute atomic E-state index is 0.0590. The summed E-state index contributed by atoms with van der Waals surface area (Å²) in [5.41, 5.74) is 7.13. The van der Waals surface area contributed by atoms with Crippen LogP contribution in [0.2, 0.25) is 0 Å². The van der Waals surface area contributed by atoms with Crippen LogP contribution in [0.25, 0.3) is 10.9 Å². The lowest BCUT2D eigenvalue weighted by molar-refractivity contribution is -0.137.